The highest BCUT2D eigenvalue weighted by molar-refractivity contribution is 9.10. The molecule has 0 saturated carbocycles. The topological polar surface area (TPSA) is 24.9 Å². The maximum absolute atomic E-state index is 4.79. The molecule has 1 heterocycles. The van der Waals surface area contributed by atoms with Crippen LogP contribution in [0.3, 0.4) is 0 Å². The number of nitrogens with zero attached hydrogens (tertiary/aromatic N) is 1. The highest BCUT2D eigenvalue weighted by Gasteiger charge is 2.12. The lowest BCUT2D eigenvalue weighted by molar-refractivity contribution is 0.578. The van der Waals surface area contributed by atoms with E-state index in [1.54, 1.807) is 0 Å². The summed E-state index contributed by atoms with van der Waals surface area (Å²) in [6.07, 6.45) is 0.918. The Kier molecular flexibility index (Phi) is 4.32. The Morgan fingerprint density at radius 2 is 1.90 bits per heavy atom. The van der Waals surface area contributed by atoms with Crippen LogP contribution < -0.4 is 5.32 Å². The van der Waals surface area contributed by atoms with Gasteiger partial charge in [0.25, 0.3) is 0 Å². The number of benzene rings is 2. The molecular weight excluding hydrogens is 324 g/mol. The molecule has 1 N–H and O–H groups in total. The summed E-state index contributed by atoms with van der Waals surface area (Å²) >= 11 is 3.53. The molecule has 0 aliphatic heterocycles. The molecule has 21 heavy (non-hydrogen) atoms. The van der Waals surface area contributed by atoms with Gasteiger partial charge in [-0.1, -0.05) is 52.3 Å². The number of rotatable bonds is 4. The van der Waals surface area contributed by atoms with Crippen LogP contribution in [-0.2, 0) is 6.42 Å². The summed E-state index contributed by atoms with van der Waals surface area (Å²) in [6.45, 7) is 0. The van der Waals surface area contributed by atoms with E-state index in [0.717, 1.165) is 22.1 Å². The van der Waals surface area contributed by atoms with Crippen LogP contribution >= 0.6 is 15.9 Å². The van der Waals surface area contributed by atoms with E-state index in [4.69, 9.17) is 4.98 Å². The fourth-order valence-corrected chi connectivity index (χ4v) is 2.98. The van der Waals surface area contributed by atoms with E-state index in [-0.39, 0.29) is 6.04 Å². The highest BCUT2D eigenvalue weighted by atomic mass is 79.9. The van der Waals surface area contributed by atoms with Gasteiger partial charge in [-0.25, -0.2) is 0 Å². The van der Waals surface area contributed by atoms with Gasteiger partial charge in [-0.15, -0.1) is 0 Å². The zero-order chi connectivity index (χ0) is 14.7. The zero-order valence-corrected chi connectivity index (χ0v) is 13.5. The van der Waals surface area contributed by atoms with Crippen molar-refractivity contribution in [2.24, 2.45) is 0 Å². The van der Waals surface area contributed by atoms with Crippen LogP contribution in [0.4, 0.5) is 0 Å². The monoisotopic (exact) mass is 340 g/mol. The maximum Gasteiger partial charge on any atom is 0.0706 e. The summed E-state index contributed by atoms with van der Waals surface area (Å²) in [5, 5.41) is 4.55. The lowest BCUT2D eigenvalue weighted by atomic mass is 10.0. The van der Waals surface area contributed by atoms with E-state index in [1.165, 1.54) is 10.9 Å². The number of fused-ring (bicyclic) bond motifs is 1. The van der Waals surface area contributed by atoms with Gasteiger partial charge >= 0.3 is 0 Å². The van der Waals surface area contributed by atoms with Crippen molar-refractivity contribution >= 4 is 26.8 Å². The third-order valence-electron chi connectivity index (χ3n) is 3.65. The minimum absolute atomic E-state index is 0.212. The van der Waals surface area contributed by atoms with Crippen molar-refractivity contribution in [1.82, 2.24) is 10.3 Å². The van der Waals surface area contributed by atoms with Crippen LogP contribution in [0.2, 0.25) is 0 Å². The number of nitrogens with one attached hydrogen (secondary N) is 1. The van der Waals surface area contributed by atoms with E-state index in [2.05, 4.69) is 63.7 Å². The fraction of sp³-hybridized carbons (Fsp3) is 0.167. The number of hydrogen-bond acceptors (Lipinski definition) is 2. The first-order valence-corrected chi connectivity index (χ1v) is 7.83. The Bertz CT molecular complexity index is 755. The van der Waals surface area contributed by atoms with Crippen molar-refractivity contribution in [2.45, 2.75) is 12.5 Å². The smallest absolute Gasteiger partial charge is 0.0706 e. The summed E-state index contributed by atoms with van der Waals surface area (Å²) < 4.78 is 1.11. The highest BCUT2D eigenvalue weighted by Crippen LogP contribution is 2.21. The van der Waals surface area contributed by atoms with Crippen molar-refractivity contribution in [1.29, 1.82) is 0 Å². The Labute approximate surface area is 133 Å². The van der Waals surface area contributed by atoms with Crippen molar-refractivity contribution in [2.75, 3.05) is 7.05 Å². The predicted molar refractivity (Wildman–Crippen MR) is 91.4 cm³/mol. The minimum Gasteiger partial charge on any atom is -0.311 e. The molecule has 0 amide bonds. The van der Waals surface area contributed by atoms with Gasteiger partial charge < -0.3 is 5.32 Å². The third-order valence-corrected chi connectivity index (χ3v) is 4.15. The first-order valence-electron chi connectivity index (χ1n) is 7.03. The van der Waals surface area contributed by atoms with E-state index in [9.17, 15) is 0 Å². The van der Waals surface area contributed by atoms with Crippen LogP contribution in [0.5, 0.6) is 0 Å². The van der Waals surface area contributed by atoms with E-state index in [1.807, 2.05) is 25.2 Å². The van der Waals surface area contributed by atoms with Crippen molar-refractivity contribution in [3.05, 3.63) is 76.4 Å². The van der Waals surface area contributed by atoms with Crippen LogP contribution in [0.15, 0.2) is 65.1 Å². The number of para-hydroxylation sites is 1. The van der Waals surface area contributed by atoms with Crippen molar-refractivity contribution < 1.29 is 0 Å². The molecule has 1 unspecified atom stereocenters. The summed E-state index contributed by atoms with van der Waals surface area (Å²) in [5.74, 6) is 0. The second-order valence-corrected chi connectivity index (χ2v) is 6.02. The molecule has 0 fully saturated rings. The first-order chi connectivity index (χ1) is 10.3. The number of aromatic nitrogens is 1. The largest absolute Gasteiger partial charge is 0.311 e. The average molecular weight is 341 g/mol. The summed E-state index contributed by atoms with van der Waals surface area (Å²) in [6, 6.07) is 21.1. The molecule has 3 aromatic rings. The fourth-order valence-electron chi connectivity index (χ4n) is 2.53. The van der Waals surface area contributed by atoms with Gasteiger partial charge in [-0.3, -0.25) is 4.98 Å². The Morgan fingerprint density at radius 1 is 1.05 bits per heavy atom. The van der Waals surface area contributed by atoms with Crippen molar-refractivity contribution in [3.63, 3.8) is 0 Å². The quantitative estimate of drug-likeness (QED) is 0.756. The second kappa shape index (κ2) is 6.37. The summed E-state index contributed by atoms with van der Waals surface area (Å²) in [4.78, 5) is 4.79. The van der Waals surface area contributed by atoms with Crippen LogP contribution in [-0.4, -0.2) is 12.0 Å². The molecule has 2 aromatic carbocycles. The van der Waals surface area contributed by atoms with Gasteiger partial charge in [0.2, 0.25) is 0 Å². The molecule has 0 saturated heterocycles. The number of likely N-dealkylation sites (N-methyl/N-ethyl adjacent to an activating group) is 1. The van der Waals surface area contributed by atoms with Gasteiger partial charge in [0.1, 0.15) is 0 Å². The minimum atomic E-state index is 0.212. The molecule has 2 nitrogen and oxygen atoms in total. The lowest BCUT2D eigenvalue weighted by Gasteiger charge is -2.16. The average Bonchev–Trinajstić information content (AvgIpc) is 2.52. The second-order valence-electron chi connectivity index (χ2n) is 5.10. The predicted octanol–water partition coefficient (Wildman–Crippen LogP) is 4.50. The molecule has 0 radical (unpaired) electrons. The van der Waals surface area contributed by atoms with Gasteiger partial charge in [0.15, 0.2) is 0 Å². The number of hydrogen-bond donors (Lipinski definition) is 1. The molecular formula is C18H17BrN2. The van der Waals surface area contributed by atoms with Gasteiger partial charge in [0, 0.05) is 9.86 Å². The van der Waals surface area contributed by atoms with Crippen LogP contribution in [0.25, 0.3) is 10.9 Å². The molecule has 106 valence electrons. The van der Waals surface area contributed by atoms with Crippen LogP contribution in [0, 0.1) is 0 Å². The molecule has 0 bridgehead atoms. The molecule has 1 atom stereocenters. The molecule has 0 spiro atoms. The van der Waals surface area contributed by atoms with Crippen LogP contribution in [0.1, 0.15) is 17.3 Å². The maximum atomic E-state index is 4.79. The molecule has 0 aliphatic rings. The van der Waals surface area contributed by atoms with Crippen molar-refractivity contribution in [3.8, 4) is 0 Å². The van der Waals surface area contributed by atoms with Gasteiger partial charge in [-0.05, 0) is 43.3 Å². The molecule has 3 heteroatoms. The first kappa shape index (κ1) is 14.2. The molecule has 1 aromatic heterocycles. The van der Waals surface area contributed by atoms with Gasteiger partial charge in [0.05, 0.1) is 17.3 Å². The Balaban J connectivity index is 1.90. The SMILES string of the molecule is CNC(Cc1cccc(Br)c1)c1ccc2ccccc2n1. The van der Waals surface area contributed by atoms with Gasteiger partial charge in [-0.2, -0.15) is 0 Å². The van der Waals surface area contributed by atoms with E-state index >= 15 is 0 Å². The summed E-state index contributed by atoms with van der Waals surface area (Å²) in [5.41, 5.74) is 3.42. The lowest BCUT2D eigenvalue weighted by Crippen LogP contribution is -2.20. The molecule has 0 aliphatic carbocycles. The van der Waals surface area contributed by atoms with E-state index in [0.29, 0.717) is 0 Å². The third kappa shape index (κ3) is 3.31. The molecule has 3 rings (SSSR count). The summed E-state index contributed by atoms with van der Waals surface area (Å²) in [7, 11) is 1.99. The Hall–Kier alpha value is -1.71. The normalized spacial score (nSPS) is 12.5. The number of pyridine rings is 1. The zero-order valence-electron chi connectivity index (χ0n) is 11.9. The Morgan fingerprint density at radius 3 is 2.71 bits per heavy atom. The van der Waals surface area contributed by atoms with E-state index < -0.39 is 0 Å². The number of halogens is 1. The standard InChI is InChI=1S/C18H17BrN2/c1-20-18(12-13-5-4-7-15(19)11-13)17-10-9-14-6-2-3-8-16(14)21-17/h2-11,18,20H,12H2,1H3.